The van der Waals surface area contributed by atoms with Gasteiger partial charge in [-0.3, -0.25) is 19.7 Å². The lowest BCUT2D eigenvalue weighted by Crippen LogP contribution is -2.46. The summed E-state index contributed by atoms with van der Waals surface area (Å²) in [5.74, 6) is -1.94. The standard InChI is InChI=1S/C15H18ClN3O6/c1-3-6-17-14(21)9(2)18-13(20)8-25-15(22)10-4-5-11(16)12(7-10)19(23)24/h4-5,7,9H,3,6,8H2,1-2H3,(H,17,21)(H,18,20)/t9-/m0/s1. The van der Waals surface area contributed by atoms with Gasteiger partial charge in [0.1, 0.15) is 11.1 Å². The molecule has 10 heteroatoms. The maximum Gasteiger partial charge on any atom is 0.338 e. The minimum Gasteiger partial charge on any atom is -0.452 e. The highest BCUT2D eigenvalue weighted by Crippen LogP contribution is 2.25. The van der Waals surface area contributed by atoms with Gasteiger partial charge in [0.2, 0.25) is 5.91 Å². The molecular formula is C15H18ClN3O6. The Morgan fingerprint density at radius 3 is 2.64 bits per heavy atom. The first-order chi connectivity index (χ1) is 11.8. The van der Waals surface area contributed by atoms with Gasteiger partial charge in [-0.25, -0.2) is 4.79 Å². The van der Waals surface area contributed by atoms with Gasteiger partial charge in [-0.1, -0.05) is 18.5 Å². The highest BCUT2D eigenvalue weighted by molar-refractivity contribution is 6.32. The molecule has 0 radical (unpaired) electrons. The van der Waals surface area contributed by atoms with E-state index in [-0.39, 0.29) is 16.5 Å². The van der Waals surface area contributed by atoms with E-state index in [4.69, 9.17) is 16.3 Å². The van der Waals surface area contributed by atoms with Crippen molar-refractivity contribution in [3.63, 3.8) is 0 Å². The molecular weight excluding hydrogens is 354 g/mol. The Bertz CT molecular complexity index is 679. The summed E-state index contributed by atoms with van der Waals surface area (Å²) < 4.78 is 4.78. The van der Waals surface area contributed by atoms with Crippen LogP contribution >= 0.6 is 11.6 Å². The van der Waals surface area contributed by atoms with E-state index in [1.165, 1.54) is 19.1 Å². The van der Waals surface area contributed by atoms with Crippen LogP contribution in [-0.2, 0) is 14.3 Å². The number of hydrogen-bond donors (Lipinski definition) is 2. The Hall–Kier alpha value is -2.68. The van der Waals surface area contributed by atoms with Gasteiger partial charge in [0, 0.05) is 12.6 Å². The zero-order chi connectivity index (χ0) is 19.0. The predicted octanol–water partition coefficient (Wildman–Crippen LogP) is 1.44. The third-order valence-electron chi connectivity index (χ3n) is 3.03. The topological polar surface area (TPSA) is 128 Å². The lowest BCUT2D eigenvalue weighted by atomic mass is 10.2. The quantitative estimate of drug-likeness (QED) is 0.404. The number of nitro groups is 1. The zero-order valence-electron chi connectivity index (χ0n) is 13.7. The first-order valence-corrected chi connectivity index (χ1v) is 7.82. The Morgan fingerprint density at radius 1 is 1.36 bits per heavy atom. The lowest BCUT2D eigenvalue weighted by molar-refractivity contribution is -0.384. The highest BCUT2D eigenvalue weighted by atomic mass is 35.5. The number of carbonyl (C=O) groups is 3. The SMILES string of the molecule is CCCNC(=O)[C@H](C)NC(=O)COC(=O)c1ccc(Cl)c([N+](=O)[O-])c1. The van der Waals surface area contributed by atoms with Gasteiger partial charge in [-0.05, 0) is 25.5 Å². The molecule has 2 N–H and O–H groups in total. The monoisotopic (exact) mass is 371 g/mol. The number of nitrogens with zero attached hydrogens (tertiary/aromatic N) is 1. The van der Waals surface area contributed by atoms with Crippen molar-refractivity contribution in [2.75, 3.05) is 13.2 Å². The van der Waals surface area contributed by atoms with E-state index in [0.29, 0.717) is 6.54 Å². The summed E-state index contributed by atoms with van der Waals surface area (Å²) in [6, 6.07) is 2.62. The van der Waals surface area contributed by atoms with E-state index in [1.807, 2.05) is 6.92 Å². The van der Waals surface area contributed by atoms with Gasteiger partial charge in [0.15, 0.2) is 6.61 Å². The van der Waals surface area contributed by atoms with Crippen LogP contribution in [-0.4, -0.2) is 41.9 Å². The molecule has 0 heterocycles. The number of halogens is 1. The van der Waals surface area contributed by atoms with Crippen molar-refractivity contribution >= 4 is 35.1 Å². The minimum absolute atomic E-state index is 0.113. The Balaban J connectivity index is 2.56. The Kier molecular flexibility index (Phi) is 7.80. The van der Waals surface area contributed by atoms with Crippen molar-refractivity contribution in [3.05, 3.63) is 38.9 Å². The molecule has 0 bridgehead atoms. The fourth-order valence-electron chi connectivity index (χ4n) is 1.74. The van der Waals surface area contributed by atoms with E-state index in [2.05, 4.69) is 10.6 Å². The summed E-state index contributed by atoms with van der Waals surface area (Å²) in [5.41, 5.74) is -0.556. The molecule has 0 aromatic heterocycles. The summed E-state index contributed by atoms with van der Waals surface area (Å²) in [6.45, 7) is 3.25. The van der Waals surface area contributed by atoms with Crippen LogP contribution < -0.4 is 10.6 Å². The molecule has 2 amide bonds. The van der Waals surface area contributed by atoms with Crippen molar-refractivity contribution in [1.29, 1.82) is 0 Å². The van der Waals surface area contributed by atoms with Gasteiger partial charge in [0.25, 0.3) is 11.6 Å². The Morgan fingerprint density at radius 2 is 2.04 bits per heavy atom. The van der Waals surface area contributed by atoms with Crippen LogP contribution in [0.25, 0.3) is 0 Å². The molecule has 0 aliphatic rings. The number of esters is 1. The van der Waals surface area contributed by atoms with E-state index >= 15 is 0 Å². The van der Waals surface area contributed by atoms with E-state index in [9.17, 15) is 24.5 Å². The number of benzene rings is 1. The third-order valence-corrected chi connectivity index (χ3v) is 3.35. The first kappa shape index (κ1) is 20.4. The van der Waals surface area contributed by atoms with Crippen LogP contribution in [0.2, 0.25) is 5.02 Å². The summed E-state index contributed by atoms with van der Waals surface area (Å²) in [7, 11) is 0. The number of carbonyl (C=O) groups excluding carboxylic acids is 3. The van der Waals surface area contributed by atoms with Gasteiger partial charge < -0.3 is 15.4 Å². The van der Waals surface area contributed by atoms with Crippen LogP contribution in [0.15, 0.2) is 18.2 Å². The minimum atomic E-state index is -0.919. The summed E-state index contributed by atoms with van der Waals surface area (Å²) in [4.78, 5) is 45.2. The third kappa shape index (κ3) is 6.38. The molecule has 1 aromatic rings. The molecule has 0 saturated carbocycles. The molecule has 0 aliphatic heterocycles. The number of hydrogen-bond acceptors (Lipinski definition) is 6. The molecule has 9 nitrogen and oxygen atoms in total. The van der Waals surface area contributed by atoms with Crippen molar-refractivity contribution in [2.24, 2.45) is 0 Å². The fourth-order valence-corrected chi connectivity index (χ4v) is 1.93. The molecule has 0 saturated heterocycles. The molecule has 136 valence electrons. The van der Waals surface area contributed by atoms with E-state index in [0.717, 1.165) is 12.5 Å². The molecule has 25 heavy (non-hydrogen) atoms. The Labute approximate surface area is 148 Å². The highest BCUT2D eigenvalue weighted by Gasteiger charge is 2.19. The predicted molar refractivity (Wildman–Crippen MR) is 89.3 cm³/mol. The number of ether oxygens (including phenoxy) is 1. The molecule has 1 aromatic carbocycles. The second-order valence-electron chi connectivity index (χ2n) is 5.08. The number of nitro benzene ring substituents is 1. The van der Waals surface area contributed by atoms with Crippen LogP contribution in [0, 0.1) is 10.1 Å². The lowest BCUT2D eigenvalue weighted by Gasteiger charge is -2.13. The van der Waals surface area contributed by atoms with Gasteiger partial charge in [0.05, 0.1) is 10.5 Å². The molecule has 0 fully saturated rings. The van der Waals surface area contributed by atoms with Crippen molar-refractivity contribution in [3.8, 4) is 0 Å². The summed E-state index contributed by atoms with van der Waals surface area (Å²) in [5, 5.41) is 15.7. The number of rotatable bonds is 8. The largest absolute Gasteiger partial charge is 0.452 e. The van der Waals surface area contributed by atoms with E-state index in [1.54, 1.807) is 0 Å². The molecule has 1 atom stereocenters. The number of amides is 2. The van der Waals surface area contributed by atoms with Crippen molar-refractivity contribution in [2.45, 2.75) is 26.3 Å². The second-order valence-corrected chi connectivity index (χ2v) is 5.49. The van der Waals surface area contributed by atoms with Crippen molar-refractivity contribution in [1.82, 2.24) is 10.6 Å². The average molecular weight is 372 g/mol. The van der Waals surface area contributed by atoms with Crippen LogP contribution in [0.3, 0.4) is 0 Å². The summed E-state index contributed by atoms with van der Waals surface area (Å²) in [6.07, 6.45) is 0.761. The smallest absolute Gasteiger partial charge is 0.338 e. The average Bonchev–Trinajstić information content (AvgIpc) is 2.57. The normalized spacial score (nSPS) is 11.3. The molecule has 1 rings (SSSR count). The van der Waals surface area contributed by atoms with E-state index < -0.39 is 35.1 Å². The molecule has 0 unspecified atom stereocenters. The van der Waals surface area contributed by atoms with Crippen LogP contribution in [0.4, 0.5) is 5.69 Å². The van der Waals surface area contributed by atoms with Crippen LogP contribution in [0.5, 0.6) is 0 Å². The maximum absolute atomic E-state index is 11.8. The second kappa shape index (κ2) is 9.58. The maximum atomic E-state index is 11.8. The van der Waals surface area contributed by atoms with Gasteiger partial charge in [-0.15, -0.1) is 0 Å². The van der Waals surface area contributed by atoms with Gasteiger partial charge >= 0.3 is 5.97 Å². The molecule has 0 spiro atoms. The first-order valence-electron chi connectivity index (χ1n) is 7.44. The van der Waals surface area contributed by atoms with Gasteiger partial charge in [-0.2, -0.15) is 0 Å². The number of nitrogens with one attached hydrogen (secondary N) is 2. The summed E-state index contributed by atoms with van der Waals surface area (Å²) >= 11 is 5.65. The van der Waals surface area contributed by atoms with Crippen molar-refractivity contribution < 1.29 is 24.0 Å². The fraction of sp³-hybridized carbons (Fsp3) is 0.400. The zero-order valence-corrected chi connectivity index (χ0v) is 14.5. The van der Waals surface area contributed by atoms with Crippen LogP contribution in [0.1, 0.15) is 30.6 Å². The molecule has 0 aliphatic carbocycles.